The Morgan fingerprint density at radius 3 is 1.85 bits per heavy atom. The lowest BCUT2D eigenvalue weighted by Crippen LogP contribution is -2.13. The predicted molar refractivity (Wildman–Crippen MR) is 59.4 cm³/mol. The largest absolute Gasteiger partial charge is 0.378 e. The summed E-state index contributed by atoms with van der Waals surface area (Å²) in [7, 11) is 0. The molecule has 13 heavy (non-hydrogen) atoms. The van der Waals surface area contributed by atoms with Crippen molar-refractivity contribution in [2.75, 3.05) is 49.7 Å². The molecule has 1 aliphatic rings. The van der Waals surface area contributed by atoms with Gasteiger partial charge in [-0.3, -0.25) is 5.32 Å². The Morgan fingerprint density at radius 1 is 0.769 bits per heavy atom. The molecule has 1 saturated heterocycles. The van der Waals surface area contributed by atoms with Gasteiger partial charge >= 0.3 is 0 Å². The molecule has 1 rings (SSSR count). The summed E-state index contributed by atoms with van der Waals surface area (Å²) in [6, 6.07) is 0. The summed E-state index contributed by atoms with van der Waals surface area (Å²) in [4.78, 5) is 0. The smallest absolute Gasteiger partial charge is 0.0700 e. The molecule has 5 heteroatoms. The minimum absolute atomic E-state index is 0.735. The Labute approximate surface area is 88.3 Å². The van der Waals surface area contributed by atoms with Crippen LogP contribution in [0.15, 0.2) is 0 Å². The SMILES string of the molecule is C1COCCSCNCSCCO1. The summed E-state index contributed by atoms with van der Waals surface area (Å²) < 4.78 is 10.7. The molecule has 3 nitrogen and oxygen atoms in total. The molecule has 0 radical (unpaired) electrons. The first kappa shape index (κ1) is 11.7. The van der Waals surface area contributed by atoms with Crippen molar-refractivity contribution in [1.82, 2.24) is 5.32 Å². The van der Waals surface area contributed by atoms with E-state index in [1.165, 1.54) is 0 Å². The summed E-state index contributed by atoms with van der Waals surface area (Å²) in [6.07, 6.45) is 0. The fourth-order valence-electron chi connectivity index (χ4n) is 0.888. The summed E-state index contributed by atoms with van der Waals surface area (Å²) in [6.45, 7) is 3.14. The van der Waals surface area contributed by atoms with Crippen LogP contribution in [-0.2, 0) is 9.47 Å². The van der Waals surface area contributed by atoms with Gasteiger partial charge in [-0.05, 0) is 0 Å². The standard InChI is InChI=1S/C8H17NO2S2/c1-2-11-4-6-13-8-9-7-12-5-3-10-1/h9H,1-8H2. The van der Waals surface area contributed by atoms with Gasteiger partial charge in [0.2, 0.25) is 0 Å². The van der Waals surface area contributed by atoms with Gasteiger partial charge in [-0.1, -0.05) is 0 Å². The van der Waals surface area contributed by atoms with Crippen LogP contribution in [0, 0.1) is 0 Å². The van der Waals surface area contributed by atoms with Crippen LogP contribution < -0.4 is 5.32 Å². The molecule has 0 unspecified atom stereocenters. The maximum absolute atomic E-state index is 5.37. The first-order valence-corrected chi connectivity index (χ1v) is 6.83. The normalized spacial score (nSPS) is 24.0. The minimum atomic E-state index is 0.735. The molecule has 0 spiro atoms. The zero-order valence-corrected chi connectivity index (χ0v) is 9.42. The second kappa shape index (κ2) is 9.15. The molecule has 0 aromatic carbocycles. The van der Waals surface area contributed by atoms with Crippen molar-refractivity contribution >= 4 is 23.5 Å². The first-order chi connectivity index (χ1) is 6.50. The van der Waals surface area contributed by atoms with Crippen molar-refractivity contribution in [3.63, 3.8) is 0 Å². The van der Waals surface area contributed by atoms with Crippen LogP contribution in [0.2, 0.25) is 0 Å². The summed E-state index contributed by atoms with van der Waals surface area (Å²) in [5.41, 5.74) is 0. The van der Waals surface area contributed by atoms with E-state index in [1.54, 1.807) is 0 Å². The van der Waals surface area contributed by atoms with Crippen LogP contribution in [0.25, 0.3) is 0 Å². The average molecular weight is 223 g/mol. The van der Waals surface area contributed by atoms with Gasteiger partial charge in [0.15, 0.2) is 0 Å². The molecule has 78 valence electrons. The third-order valence-corrected chi connectivity index (χ3v) is 3.25. The third kappa shape index (κ3) is 7.64. The molecule has 1 fully saturated rings. The van der Waals surface area contributed by atoms with Crippen LogP contribution in [0.5, 0.6) is 0 Å². The van der Waals surface area contributed by atoms with E-state index in [-0.39, 0.29) is 0 Å². The molecule has 0 bridgehead atoms. The van der Waals surface area contributed by atoms with Crippen LogP contribution in [0.4, 0.5) is 0 Å². The van der Waals surface area contributed by atoms with Crippen LogP contribution in [-0.4, -0.2) is 49.7 Å². The molecule has 0 aromatic heterocycles. The van der Waals surface area contributed by atoms with Gasteiger partial charge in [-0.25, -0.2) is 0 Å². The van der Waals surface area contributed by atoms with Gasteiger partial charge in [0.25, 0.3) is 0 Å². The van der Waals surface area contributed by atoms with Gasteiger partial charge in [-0.2, -0.15) is 0 Å². The van der Waals surface area contributed by atoms with Gasteiger partial charge in [0.1, 0.15) is 0 Å². The molecule has 0 aromatic rings. The van der Waals surface area contributed by atoms with E-state index in [4.69, 9.17) is 9.47 Å². The van der Waals surface area contributed by atoms with Crippen LogP contribution in [0.3, 0.4) is 0 Å². The van der Waals surface area contributed by atoms with E-state index >= 15 is 0 Å². The lowest BCUT2D eigenvalue weighted by Gasteiger charge is -2.03. The molecule has 1 N–H and O–H groups in total. The highest BCUT2D eigenvalue weighted by molar-refractivity contribution is 8.00. The van der Waals surface area contributed by atoms with Crippen molar-refractivity contribution < 1.29 is 9.47 Å². The molecule has 0 aliphatic carbocycles. The topological polar surface area (TPSA) is 30.5 Å². The van der Waals surface area contributed by atoms with E-state index in [1.807, 2.05) is 23.5 Å². The predicted octanol–water partition coefficient (Wildman–Crippen LogP) is 1.00. The van der Waals surface area contributed by atoms with Crippen LogP contribution >= 0.6 is 23.5 Å². The van der Waals surface area contributed by atoms with Crippen LogP contribution in [0.1, 0.15) is 0 Å². The third-order valence-electron chi connectivity index (χ3n) is 1.52. The van der Waals surface area contributed by atoms with E-state index < -0.39 is 0 Å². The maximum Gasteiger partial charge on any atom is 0.0700 e. The Balaban J connectivity index is 2.01. The zero-order chi connectivity index (χ0) is 9.19. The lowest BCUT2D eigenvalue weighted by atomic mass is 10.7. The van der Waals surface area contributed by atoms with Crippen molar-refractivity contribution in [2.45, 2.75) is 0 Å². The number of nitrogens with one attached hydrogen (secondary N) is 1. The minimum Gasteiger partial charge on any atom is -0.378 e. The number of thioether (sulfide) groups is 2. The van der Waals surface area contributed by atoms with Crippen molar-refractivity contribution in [3.05, 3.63) is 0 Å². The molecule has 0 atom stereocenters. The summed E-state index contributed by atoms with van der Waals surface area (Å²) in [5, 5.41) is 3.34. The molecule has 0 saturated carbocycles. The first-order valence-electron chi connectivity index (χ1n) is 4.52. The van der Waals surface area contributed by atoms with E-state index in [0.717, 1.165) is 49.7 Å². The van der Waals surface area contributed by atoms with Gasteiger partial charge in [-0.15, -0.1) is 23.5 Å². The number of ether oxygens (including phenoxy) is 2. The Hall–Kier alpha value is 0.580. The highest BCUT2D eigenvalue weighted by Gasteiger charge is 1.94. The van der Waals surface area contributed by atoms with E-state index in [0.29, 0.717) is 0 Å². The summed E-state index contributed by atoms with van der Waals surface area (Å²) in [5.74, 6) is 4.18. The number of hydrogen-bond donors (Lipinski definition) is 1. The number of hydrogen-bond acceptors (Lipinski definition) is 5. The zero-order valence-electron chi connectivity index (χ0n) is 7.79. The quantitative estimate of drug-likeness (QED) is 0.662. The molecule has 1 aliphatic heterocycles. The van der Waals surface area contributed by atoms with Gasteiger partial charge in [0.05, 0.1) is 26.4 Å². The maximum atomic E-state index is 5.37. The molecular formula is C8H17NO2S2. The average Bonchev–Trinajstić information content (AvgIpc) is 2.18. The fourth-order valence-corrected chi connectivity index (χ4v) is 2.27. The van der Waals surface area contributed by atoms with E-state index in [2.05, 4.69) is 5.32 Å². The summed E-state index contributed by atoms with van der Waals surface area (Å²) >= 11 is 3.77. The highest BCUT2D eigenvalue weighted by Crippen LogP contribution is 2.01. The highest BCUT2D eigenvalue weighted by atomic mass is 32.2. The van der Waals surface area contributed by atoms with Crippen molar-refractivity contribution in [3.8, 4) is 0 Å². The fraction of sp³-hybridized carbons (Fsp3) is 1.00. The molecule has 0 amide bonds. The van der Waals surface area contributed by atoms with Crippen molar-refractivity contribution in [1.29, 1.82) is 0 Å². The lowest BCUT2D eigenvalue weighted by molar-refractivity contribution is 0.0605. The molecule has 1 heterocycles. The Bertz CT molecular complexity index is 68.2. The van der Waals surface area contributed by atoms with Crippen molar-refractivity contribution in [2.24, 2.45) is 0 Å². The van der Waals surface area contributed by atoms with Gasteiger partial charge < -0.3 is 9.47 Å². The number of rotatable bonds is 0. The van der Waals surface area contributed by atoms with E-state index in [9.17, 15) is 0 Å². The Kier molecular flexibility index (Phi) is 8.20. The Morgan fingerprint density at radius 2 is 1.31 bits per heavy atom. The second-order valence-electron chi connectivity index (χ2n) is 2.58. The second-order valence-corrected chi connectivity index (χ2v) is 4.79. The monoisotopic (exact) mass is 223 g/mol. The molecular weight excluding hydrogens is 206 g/mol. The van der Waals surface area contributed by atoms with Gasteiger partial charge in [0, 0.05) is 23.3 Å².